The van der Waals surface area contributed by atoms with E-state index in [1.165, 1.54) is 11.6 Å². The lowest BCUT2D eigenvalue weighted by molar-refractivity contribution is -0.386. The number of carbonyl (C=O) groups is 1. The predicted octanol–water partition coefficient (Wildman–Crippen LogP) is 1.36. The third-order valence-corrected chi connectivity index (χ3v) is 2.17. The molecule has 17 heavy (non-hydrogen) atoms. The summed E-state index contributed by atoms with van der Waals surface area (Å²) in [6.45, 7) is 6.46. The van der Waals surface area contributed by atoms with Gasteiger partial charge in [0.05, 0.1) is 11.0 Å². The lowest BCUT2D eigenvalue weighted by Crippen LogP contribution is -2.19. The number of hydrogen-bond acceptors (Lipinski definition) is 5. The molecule has 0 aliphatic heterocycles. The summed E-state index contributed by atoms with van der Waals surface area (Å²) < 4.78 is 6.24. The van der Waals surface area contributed by atoms with E-state index in [0.29, 0.717) is 11.4 Å². The number of nitro groups is 1. The summed E-state index contributed by atoms with van der Waals surface area (Å²) in [6.07, 6.45) is -0.213. The Bertz CT molecular complexity index is 451. The van der Waals surface area contributed by atoms with Gasteiger partial charge in [-0.25, -0.2) is 0 Å². The van der Waals surface area contributed by atoms with E-state index in [0.717, 1.165) is 0 Å². The molecule has 1 heterocycles. The summed E-state index contributed by atoms with van der Waals surface area (Å²) in [7, 11) is 0. The second-order valence-electron chi connectivity index (χ2n) is 3.97. The zero-order valence-electron chi connectivity index (χ0n) is 10.3. The molecule has 1 aromatic heterocycles. The smallest absolute Gasteiger partial charge is 0.328 e. The Morgan fingerprint density at radius 2 is 2.12 bits per heavy atom. The first-order valence-corrected chi connectivity index (χ1v) is 5.20. The van der Waals surface area contributed by atoms with Crippen molar-refractivity contribution in [1.82, 2.24) is 9.78 Å². The summed E-state index contributed by atoms with van der Waals surface area (Å²) in [5.41, 5.74) is 0.598. The van der Waals surface area contributed by atoms with Crippen LogP contribution in [0.3, 0.4) is 0 Å². The van der Waals surface area contributed by atoms with Gasteiger partial charge in [-0.2, -0.15) is 5.10 Å². The summed E-state index contributed by atoms with van der Waals surface area (Å²) in [5, 5.41) is 14.7. The maximum absolute atomic E-state index is 11.4. The molecule has 0 unspecified atom stereocenters. The largest absolute Gasteiger partial charge is 0.462 e. The fourth-order valence-electron chi connectivity index (χ4n) is 1.53. The highest BCUT2D eigenvalue weighted by Crippen LogP contribution is 2.21. The lowest BCUT2D eigenvalue weighted by Gasteiger charge is -2.08. The number of aryl methyl sites for hydroxylation is 1. The van der Waals surface area contributed by atoms with Crippen molar-refractivity contribution in [2.24, 2.45) is 0 Å². The van der Waals surface area contributed by atoms with Crippen molar-refractivity contribution < 1.29 is 14.5 Å². The van der Waals surface area contributed by atoms with Gasteiger partial charge in [-0.3, -0.25) is 19.6 Å². The van der Waals surface area contributed by atoms with E-state index >= 15 is 0 Å². The minimum atomic E-state index is -0.498. The van der Waals surface area contributed by atoms with Gasteiger partial charge in [0.25, 0.3) is 0 Å². The molecule has 0 aromatic carbocycles. The summed E-state index contributed by atoms with van der Waals surface area (Å²) >= 11 is 0. The van der Waals surface area contributed by atoms with Crippen LogP contribution in [0.2, 0.25) is 0 Å². The van der Waals surface area contributed by atoms with Gasteiger partial charge in [0.15, 0.2) is 0 Å². The minimum Gasteiger partial charge on any atom is -0.462 e. The first-order valence-electron chi connectivity index (χ1n) is 5.20. The molecule has 0 spiro atoms. The molecule has 0 fully saturated rings. The molecular formula is C10H15N3O4. The van der Waals surface area contributed by atoms with Gasteiger partial charge in [0.1, 0.15) is 17.9 Å². The Balaban J connectivity index is 2.90. The quantitative estimate of drug-likeness (QED) is 0.451. The molecule has 0 saturated carbocycles. The first-order chi connectivity index (χ1) is 7.82. The maximum Gasteiger partial charge on any atom is 0.328 e. The second-order valence-corrected chi connectivity index (χ2v) is 3.97. The van der Waals surface area contributed by atoms with Crippen LogP contribution in [0.25, 0.3) is 0 Å². The number of rotatable bonds is 4. The number of esters is 1. The van der Waals surface area contributed by atoms with Crippen LogP contribution < -0.4 is 0 Å². The second kappa shape index (κ2) is 4.94. The monoisotopic (exact) mass is 241 g/mol. The number of hydrogen-bond donors (Lipinski definition) is 0. The van der Waals surface area contributed by atoms with Crippen LogP contribution >= 0.6 is 0 Å². The van der Waals surface area contributed by atoms with Crippen molar-refractivity contribution in [2.75, 3.05) is 0 Å². The SMILES string of the molecule is Cc1nn(CC(=O)OC(C)C)c(C)c1[N+](=O)[O-]. The molecule has 0 bridgehead atoms. The molecule has 0 N–H and O–H groups in total. The van der Waals surface area contributed by atoms with E-state index in [4.69, 9.17) is 4.74 Å². The van der Waals surface area contributed by atoms with Gasteiger partial charge in [-0.15, -0.1) is 0 Å². The van der Waals surface area contributed by atoms with Crippen molar-refractivity contribution in [1.29, 1.82) is 0 Å². The molecule has 94 valence electrons. The van der Waals surface area contributed by atoms with Gasteiger partial charge in [0, 0.05) is 0 Å². The standard InChI is InChI=1S/C10H15N3O4/c1-6(2)17-9(14)5-12-8(4)10(13(15)16)7(3)11-12/h6H,5H2,1-4H3. The van der Waals surface area contributed by atoms with Crippen molar-refractivity contribution in [3.05, 3.63) is 21.5 Å². The lowest BCUT2D eigenvalue weighted by atomic mass is 10.3. The molecule has 0 amide bonds. The molecule has 1 rings (SSSR count). The first kappa shape index (κ1) is 13.1. The van der Waals surface area contributed by atoms with E-state index in [1.807, 2.05) is 0 Å². The van der Waals surface area contributed by atoms with Gasteiger partial charge in [-0.1, -0.05) is 0 Å². The van der Waals surface area contributed by atoms with Gasteiger partial charge in [-0.05, 0) is 27.7 Å². The molecule has 7 heteroatoms. The molecule has 0 atom stereocenters. The highest BCUT2D eigenvalue weighted by Gasteiger charge is 2.23. The van der Waals surface area contributed by atoms with E-state index in [-0.39, 0.29) is 18.3 Å². The van der Waals surface area contributed by atoms with Gasteiger partial charge < -0.3 is 4.74 Å². The van der Waals surface area contributed by atoms with E-state index in [2.05, 4.69) is 5.10 Å². The van der Waals surface area contributed by atoms with Crippen LogP contribution in [-0.4, -0.2) is 26.8 Å². The molecule has 7 nitrogen and oxygen atoms in total. The van der Waals surface area contributed by atoms with E-state index in [1.54, 1.807) is 20.8 Å². The van der Waals surface area contributed by atoms with Crippen molar-refractivity contribution in [3.8, 4) is 0 Å². The molecule has 0 aliphatic rings. The number of nitrogens with zero attached hydrogens (tertiary/aromatic N) is 3. The number of aromatic nitrogens is 2. The van der Waals surface area contributed by atoms with Crippen LogP contribution in [0, 0.1) is 24.0 Å². The van der Waals surface area contributed by atoms with Crippen molar-refractivity contribution in [3.63, 3.8) is 0 Å². The van der Waals surface area contributed by atoms with Crippen LogP contribution in [0.5, 0.6) is 0 Å². The predicted molar refractivity (Wildman–Crippen MR) is 59.6 cm³/mol. The molecular weight excluding hydrogens is 226 g/mol. The normalized spacial score (nSPS) is 10.6. The third kappa shape index (κ3) is 3.02. The Labute approximate surface area is 98.5 Å². The Hall–Kier alpha value is -1.92. The zero-order valence-corrected chi connectivity index (χ0v) is 10.3. The Morgan fingerprint density at radius 3 is 2.53 bits per heavy atom. The molecule has 1 aromatic rings. The van der Waals surface area contributed by atoms with E-state index in [9.17, 15) is 14.9 Å². The minimum absolute atomic E-state index is 0.0534. The Morgan fingerprint density at radius 1 is 1.53 bits per heavy atom. The van der Waals surface area contributed by atoms with Crippen LogP contribution in [0.15, 0.2) is 0 Å². The average molecular weight is 241 g/mol. The molecule has 0 aliphatic carbocycles. The van der Waals surface area contributed by atoms with Crippen molar-refractivity contribution >= 4 is 11.7 Å². The highest BCUT2D eigenvalue weighted by atomic mass is 16.6. The van der Waals surface area contributed by atoms with Crippen LogP contribution in [-0.2, 0) is 16.1 Å². The average Bonchev–Trinajstić information content (AvgIpc) is 2.39. The summed E-state index contributed by atoms with van der Waals surface area (Å²) in [5.74, 6) is -0.458. The number of carbonyl (C=O) groups excluding carboxylic acids is 1. The highest BCUT2D eigenvalue weighted by molar-refractivity contribution is 5.69. The van der Waals surface area contributed by atoms with Gasteiger partial charge in [0.2, 0.25) is 0 Å². The van der Waals surface area contributed by atoms with Crippen LogP contribution in [0.4, 0.5) is 5.69 Å². The number of ether oxygens (including phenoxy) is 1. The molecule has 0 radical (unpaired) electrons. The third-order valence-electron chi connectivity index (χ3n) is 2.17. The topological polar surface area (TPSA) is 87.3 Å². The van der Waals surface area contributed by atoms with Crippen LogP contribution in [0.1, 0.15) is 25.2 Å². The fourth-order valence-corrected chi connectivity index (χ4v) is 1.53. The van der Waals surface area contributed by atoms with Gasteiger partial charge >= 0.3 is 11.7 Å². The fraction of sp³-hybridized carbons (Fsp3) is 0.600. The van der Waals surface area contributed by atoms with Crippen molar-refractivity contribution in [2.45, 2.75) is 40.3 Å². The maximum atomic E-state index is 11.4. The summed E-state index contributed by atoms with van der Waals surface area (Å²) in [6, 6.07) is 0. The zero-order chi connectivity index (χ0) is 13.2. The van der Waals surface area contributed by atoms with E-state index < -0.39 is 10.9 Å². The summed E-state index contributed by atoms with van der Waals surface area (Å²) in [4.78, 5) is 21.7. The Kier molecular flexibility index (Phi) is 3.82. The molecule has 0 saturated heterocycles.